The Balaban J connectivity index is 2.20. The topological polar surface area (TPSA) is 96.0 Å². The average molecular weight is 556 g/mol. The number of benzene rings is 2. The van der Waals surface area contributed by atoms with Gasteiger partial charge < -0.3 is 15.0 Å². The summed E-state index contributed by atoms with van der Waals surface area (Å²) in [5, 5.41) is 3.13. The number of amides is 2. The standard InChI is InChI=1S/C26H35ClFN3O5S/c1-18(25(33)29-26(2,3)4)30(17-19-9-11-20(28)12-10-19)24(32)8-7-15-31(37(6,34)35)21-13-14-23(36-5)22(27)16-21/h9-14,16,18H,7-8,15,17H2,1-6H3,(H,29,33)/t18-/m0/s1. The number of ether oxygens (including phenoxy) is 1. The largest absolute Gasteiger partial charge is 0.495 e. The van der Waals surface area contributed by atoms with Crippen LogP contribution < -0.4 is 14.4 Å². The molecule has 0 unspecified atom stereocenters. The van der Waals surface area contributed by atoms with Crippen LogP contribution in [0.1, 0.15) is 46.1 Å². The van der Waals surface area contributed by atoms with E-state index >= 15 is 0 Å². The molecule has 204 valence electrons. The predicted octanol–water partition coefficient (Wildman–Crippen LogP) is 4.37. The van der Waals surface area contributed by atoms with Crippen LogP contribution in [-0.4, -0.2) is 56.6 Å². The zero-order chi connectivity index (χ0) is 28.0. The maximum atomic E-state index is 13.4. The van der Waals surface area contributed by atoms with Gasteiger partial charge in [0, 0.05) is 25.0 Å². The van der Waals surface area contributed by atoms with E-state index < -0.39 is 27.4 Å². The summed E-state index contributed by atoms with van der Waals surface area (Å²) in [4.78, 5) is 27.6. The smallest absolute Gasteiger partial charge is 0.242 e. The van der Waals surface area contributed by atoms with E-state index in [0.717, 1.165) is 6.26 Å². The van der Waals surface area contributed by atoms with Crippen molar-refractivity contribution in [3.63, 3.8) is 0 Å². The lowest BCUT2D eigenvalue weighted by atomic mass is 10.1. The number of carbonyl (C=O) groups excluding carboxylic acids is 2. The third-order valence-corrected chi connectivity index (χ3v) is 7.00. The number of rotatable bonds is 11. The molecular formula is C26H35ClFN3O5S. The fraction of sp³-hybridized carbons (Fsp3) is 0.462. The van der Waals surface area contributed by atoms with Gasteiger partial charge in [0.05, 0.1) is 24.1 Å². The summed E-state index contributed by atoms with van der Waals surface area (Å²) in [5.74, 6) is -0.650. The van der Waals surface area contributed by atoms with Crippen LogP contribution in [0.2, 0.25) is 5.02 Å². The van der Waals surface area contributed by atoms with E-state index in [2.05, 4.69) is 5.32 Å². The van der Waals surface area contributed by atoms with Crippen molar-refractivity contribution in [1.82, 2.24) is 10.2 Å². The van der Waals surface area contributed by atoms with Gasteiger partial charge in [-0.3, -0.25) is 13.9 Å². The summed E-state index contributed by atoms with van der Waals surface area (Å²) in [6.07, 6.45) is 1.26. The molecule has 0 saturated carbocycles. The van der Waals surface area contributed by atoms with Gasteiger partial charge in [0.2, 0.25) is 21.8 Å². The van der Waals surface area contributed by atoms with Crippen LogP contribution in [0.3, 0.4) is 0 Å². The number of hydrogen-bond acceptors (Lipinski definition) is 5. The Morgan fingerprint density at radius 2 is 1.76 bits per heavy atom. The molecule has 2 rings (SSSR count). The molecule has 2 aromatic rings. The summed E-state index contributed by atoms with van der Waals surface area (Å²) in [7, 11) is -2.21. The second kappa shape index (κ2) is 12.6. The second-order valence-corrected chi connectivity index (χ2v) is 12.1. The number of methoxy groups -OCH3 is 1. The van der Waals surface area contributed by atoms with Crippen LogP contribution in [-0.2, 0) is 26.2 Å². The fourth-order valence-electron chi connectivity index (χ4n) is 3.66. The van der Waals surface area contributed by atoms with E-state index in [1.165, 1.54) is 34.5 Å². The number of nitrogens with one attached hydrogen (secondary N) is 1. The Labute approximate surface area is 223 Å². The van der Waals surface area contributed by atoms with Gasteiger partial charge in [0.25, 0.3) is 0 Å². The monoisotopic (exact) mass is 555 g/mol. The summed E-state index contributed by atoms with van der Waals surface area (Å²) < 4.78 is 44.6. The molecule has 0 heterocycles. The van der Waals surface area contributed by atoms with Crippen molar-refractivity contribution in [2.45, 2.75) is 58.7 Å². The Bertz CT molecular complexity index is 1200. The molecule has 0 spiro atoms. The molecule has 0 aliphatic carbocycles. The molecule has 0 aliphatic heterocycles. The van der Waals surface area contributed by atoms with Gasteiger partial charge in [-0.05, 0) is 70.0 Å². The van der Waals surface area contributed by atoms with E-state index in [9.17, 15) is 22.4 Å². The number of carbonyl (C=O) groups is 2. The zero-order valence-corrected chi connectivity index (χ0v) is 23.6. The Morgan fingerprint density at radius 3 is 2.27 bits per heavy atom. The van der Waals surface area contributed by atoms with Crippen molar-refractivity contribution in [2.75, 3.05) is 24.2 Å². The lowest BCUT2D eigenvalue weighted by Crippen LogP contribution is -2.52. The fourth-order valence-corrected chi connectivity index (χ4v) is 4.87. The third kappa shape index (κ3) is 9.19. The van der Waals surface area contributed by atoms with Crippen LogP contribution in [0.4, 0.5) is 10.1 Å². The second-order valence-electron chi connectivity index (χ2n) is 9.82. The van der Waals surface area contributed by atoms with Gasteiger partial charge in [-0.25, -0.2) is 12.8 Å². The molecule has 1 N–H and O–H groups in total. The maximum absolute atomic E-state index is 13.4. The third-order valence-electron chi connectivity index (χ3n) is 5.51. The first-order chi connectivity index (χ1) is 17.1. The van der Waals surface area contributed by atoms with E-state index in [4.69, 9.17) is 16.3 Å². The molecule has 0 bridgehead atoms. The first kappa shape index (κ1) is 30.4. The number of sulfonamides is 1. The quantitative estimate of drug-likeness (QED) is 0.444. The molecule has 0 saturated heterocycles. The normalized spacial score (nSPS) is 12.5. The van der Waals surface area contributed by atoms with Crippen LogP contribution >= 0.6 is 11.6 Å². The molecule has 2 aromatic carbocycles. The van der Waals surface area contributed by atoms with Crippen molar-refractivity contribution in [3.8, 4) is 5.75 Å². The highest BCUT2D eigenvalue weighted by atomic mass is 35.5. The molecule has 0 radical (unpaired) electrons. The van der Waals surface area contributed by atoms with E-state index in [1.807, 2.05) is 20.8 Å². The first-order valence-corrected chi connectivity index (χ1v) is 14.0. The summed E-state index contributed by atoms with van der Waals surface area (Å²) in [5.41, 5.74) is 0.517. The Morgan fingerprint density at radius 1 is 1.14 bits per heavy atom. The van der Waals surface area contributed by atoms with Gasteiger partial charge >= 0.3 is 0 Å². The minimum Gasteiger partial charge on any atom is -0.495 e. The molecule has 2 amide bonds. The Kier molecular flexibility index (Phi) is 10.3. The number of anilines is 1. The van der Waals surface area contributed by atoms with Gasteiger partial charge in [-0.15, -0.1) is 0 Å². The maximum Gasteiger partial charge on any atom is 0.242 e. The average Bonchev–Trinajstić information content (AvgIpc) is 2.79. The van der Waals surface area contributed by atoms with Crippen molar-refractivity contribution >= 4 is 39.1 Å². The minimum absolute atomic E-state index is 0.00968. The van der Waals surface area contributed by atoms with Gasteiger partial charge in [0.1, 0.15) is 17.6 Å². The van der Waals surface area contributed by atoms with Crippen LogP contribution in [0.25, 0.3) is 0 Å². The van der Waals surface area contributed by atoms with Crippen molar-refractivity contribution in [2.24, 2.45) is 0 Å². The predicted molar refractivity (Wildman–Crippen MR) is 144 cm³/mol. The first-order valence-electron chi connectivity index (χ1n) is 11.8. The minimum atomic E-state index is -3.67. The van der Waals surface area contributed by atoms with Gasteiger partial charge in [0.15, 0.2) is 0 Å². The Hall–Kier alpha value is -2.85. The molecule has 11 heteroatoms. The number of nitrogens with zero attached hydrogens (tertiary/aromatic N) is 2. The van der Waals surface area contributed by atoms with E-state index in [-0.39, 0.29) is 42.8 Å². The zero-order valence-electron chi connectivity index (χ0n) is 22.0. The highest BCUT2D eigenvalue weighted by molar-refractivity contribution is 7.92. The van der Waals surface area contributed by atoms with Gasteiger partial charge in [-0.2, -0.15) is 0 Å². The van der Waals surface area contributed by atoms with Crippen LogP contribution in [0.15, 0.2) is 42.5 Å². The molecule has 0 aliphatic rings. The molecule has 1 atom stereocenters. The summed E-state index contributed by atoms with van der Waals surface area (Å²) in [6.45, 7) is 7.28. The molecule has 8 nitrogen and oxygen atoms in total. The molecular weight excluding hydrogens is 521 g/mol. The van der Waals surface area contributed by atoms with Gasteiger partial charge in [-0.1, -0.05) is 23.7 Å². The van der Waals surface area contributed by atoms with Crippen molar-refractivity contribution < 1.29 is 27.1 Å². The highest BCUT2D eigenvalue weighted by Crippen LogP contribution is 2.30. The molecule has 37 heavy (non-hydrogen) atoms. The SMILES string of the molecule is COc1ccc(N(CCCC(=O)N(Cc2ccc(F)cc2)[C@@H](C)C(=O)NC(C)(C)C)S(C)(=O)=O)cc1Cl. The van der Waals surface area contributed by atoms with Crippen LogP contribution in [0.5, 0.6) is 5.75 Å². The number of hydrogen-bond donors (Lipinski definition) is 1. The highest BCUT2D eigenvalue weighted by Gasteiger charge is 2.28. The molecule has 0 aromatic heterocycles. The number of halogens is 2. The van der Waals surface area contributed by atoms with E-state index in [0.29, 0.717) is 17.0 Å². The summed E-state index contributed by atoms with van der Waals surface area (Å²) in [6, 6.07) is 9.54. The lowest BCUT2D eigenvalue weighted by Gasteiger charge is -2.32. The lowest BCUT2D eigenvalue weighted by molar-refractivity contribution is -0.141. The van der Waals surface area contributed by atoms with Crippen molar-refractivity contribution in [3.05, 3.63) is 58.9 Å². The van der Waals surface area contributed by atoms with E-state index in [1.54, 1.807) is 31.2 Å². The summed E-state index contributed by atoms with van der Waals surface area (Å²) >= 11 is 6.18. The molecule has 0 fully saturated rings. The van der Waals surface area contributed by atoms with Crippen LogP contribution in [0, 0.1) is 5.82 Å². The van der Waals surface area contributed by atoms with Crippen molar-refractivity contribution in [1.29, 1.82) is 0 Å².